The van der Waals surface area contributed by atoms with Gasteiger partial charge in [-0.2, -0.15) is 0 Å². The van der Waals surface area contributed by atoms with Crippen molar-refractivity contribution in [1.29, 1.82) is 0 Å². The van der Waals surface area contributed by atoms with Gasteiger partial charge in [0.1, 0.15) is 30.2 Å². The molecule has 0 saturated carbocycles. The normalized spacial score (nSPS) is 10.5. The third kappa shape index (κ3) is 4.47. The van der Waals surface area contributed by atoms with Gasteiger partial charge in [-0.15, -0.1) is 0 Å². The first-order valence-corrected chi connectivity index (χ1v) is 8.30. The van der Waals surface area contributed by atoms with Crippen LogP contribution in [0.25, 0.3) is 11.0 Å². The van der Waals surface area contributed by atoms with Crippen LogP contribution in [-0.2, 0) is 16.1 Å². The van der Waals surface area contributed by atoms with Crippen molar-refractivity contribution in [2.24, 2.45) is 0 Å². The molecule has 0 fully saturated rings. The molecule has 0 aliphatic heterocycles. The highest BCUT2D eigenvalue weighted by atomic mass is 16.5. The minimum absolute atomic E-state index is 0.0509. The number of methoxy groups -OCH3 is 1. The van der Waals surface area contributed by atoms with Gasteiger partial charge in [0.15, 0.2) is 0 Å². The van der Waals surface area contributed by atoms with Crippen molar-refractivity contribution < 1.29 is 28.6 Å². The van der Waals surface area contributed by atoms with E-state index in [1.807, 2.05) is 0 Å². The minimum Gasteiger partial charge on any atom is -0.508 e. The van der Waals surface area contributed by atoms with Crippen LogP contribution in [-0.4, -0.2) is 30.6 Å². The van der Waals surface area contributed by atoms with Crippen LogP contribution >= 0.6 is 0 Å². The number of amides is 1. The Balaban J connectivity index is 1.61. The Morgan fingerprint density at radius 3 is 2.75 bits per heavy atom. The summed E-state index contributed by atoms with van der Waals surface area (Å²) in [4.78, 5) is 35.7. The highest BCUT2D eigenvalue weighted by Crippen LogP contribution is 2.22. The molecular weight excluding hydrogens is 366 g/mol. The fraction of sp³-hybridized carbons (Fsp3) is 0.150. The Hall–Kier alpha value is -3.81. The van der Waals surface area contributed by atoms with Gasteiger partial charge in [-0.1, -0.05) is 6.07 Å². The number of phenols is 1. The number of ether oxygens (including phenoxy) is 2. The number of aromatic hydroxyl groups is 1. The van der Waals surface area contributed by atoms with Crippen molar-refractivity contribution in [3.05, 3.63) is 70.1 Å². The van der Waals surface area contributed by atoms with E-state index in [1.165, 1.54) is 25.3 Å². The van der Waals surface area contributed by atoms with Crippen LogP contribution in [0.2, 0.25) is 0 Å². The van der Waals surface area contributed by atoms with Gasteiger partial charge in [0, 0.05) is 28.6 Å². The van der Waals surface area contributed by atoms with Gasteiger partial charge in [0.25, 0.3) is 5.91 Å². The van der Waals surface area contributed by atoms with Crippen molar-refractivity contribution in [1.82, 2.24) is 5.32 Å². The smallest absolute Gasteiger partial charge is 0.336 e. The van der Waals surface area contributed by atoms with E-state index in [2.05, 4.69) is 5.32 Å². The Morgan fingerprint density at radius 2 is 1.96 bits per heavy atom. The molecule has 0 radical (unpaired) electrons. The minimum atomic E-state index is -0.670. The highest BCUT2D eigenvalue weighted by Gasteiger charge is 2.12. The lowest BCUT2D eigenvalue weighted by Gasteiger charge is -2.09. The number of hydrogen-bond acceptors (Lipinski definition) is 7. The third-order valence-electron chi connectivity index (χ3n) is 3.93. The van der Waals surface area contributed by atoms with Crippen molar-refractivity contribution in [3.8, 4) is 11.5 Å². The van der Waals surface area contributed by atoms with Gasteiger partial charge in [0.2, 0.25) is 0 Å². The number of benzene rings is 2. The van der Waals surface area contributed by atoms with E-state index in [-0.39, 0.29) is 24.5 Å². The molecule has 1 aromatic heterocycles. The summed E-state index contributed by atoms with van der Waals surface area (Å²) in [5.74, 6) is -0.644. The highest BCUT2D eigenvalue weighted by molar-refractivity contribution is 5.96. The van der Waals surface area contributed by atoms with Crippen LogP contribution in [0.4, 0.5) is 0 Å². The number of hydrogen-bond donors (Lipinski definition) is 2. The topological polar surface area (TPSA) is 115 Å². The second-order valence-corrected chi connectivity index (χ2v) is 5.85. The van der Waals surface area contributed by atoms with E-state index in [0.29, 0.717) is 22.3 Å². The van der Waals surface area contributed by atoms with E-state index in [1.54, 1.807) is 30.3 Å². The molecule has 144 valence electrons. The first-order chi connectivity index (χ1) is 13.5. The second-order valence-electron chi connectivity index (χ2n) is 5.85. The zero-order valence-corrected chi connectivity index (χ0v) is 14.9. The van der Waals surface area contributed by atoms with Crippen molar-refractivity contribution >= 4 is 22.8 Å². The quantitative estimate of drug-likeness (QED) is 0.494. The molecule has 28 heavy (non-hydrogen) atoms. The van der Waals surface area contributed by atoms with Crippen LogP contribution in [0.15, 0.2) is 57.7 Å². The lowest BCUT2D eigenvalue weighted by molar-refractivity contribution is -0.143. The van der Waals surface area contributed by atoms with E-state index < -0.39 is 17.5 Å². The molecule has 0 bridgehead atoms. The number of phenolic OH excluding ortho intramolecular Hbond substituents is 1. The van der Waals surface area contributed by atoms with Crippen molar-refractivity contribution in [3.63, 3.8) is 0 Å². The summed E-state index contributed by atoms with van der Waals surface area (Å²) < 4.78 is 15.2. The van der Waals surface area contributed by atoms with Crippen LogP contribution in [0.3, 0.4) is 0 Å². The Bertz CT molecular complexity index is 1090. The van der Waals surface area contributed by atoms with Crippen molar-refractivity contribution in [2.45, 2.75) is 6.61 Å². The number of carbonyl (C=O) groups is 2. The van der Waals surface area contributed by atoms with Gasteiger partial charge in [-0.05, 0) is 30.3 Å². The lowest BCUT2D eigenvalue weighted by atomic mass is 10.1. The summed E-state index contributed by atoms with van der Waals surface area (Å²) in [6.45, 7) is -0.517. The summed E-state index contributed by atoms with van der Waals surface area (Å²) in [5, 5.41) is 12.5. The van der Waals surface area contributed by atoms with Crippen molar-refractivity contribution in [2.75, 3.05) is 13.7 Å². The number of nitrogens with one attached hydrogen (secondary N) is 1. The van der Waals surface area contributed by atoms with Gasteiger partial charge < -0.3 is 24.3 Å². The summed E-state index contributed by atoms with van der Waals surface area (Å²) in [5.41, 5.74) is 0.331. The first kappa shape index (κ1) is 19.0. The molecule has 3 rings (SSSR count). The summed E-state index contributed by atoms with van der Waals surface area (Å²) in [6, 6.07) is 12.0. The first-order valence-electron chi connectivity index (χ1n) is 8.30. The molecule has 0 saturated heterocycles. The molecule has 8 nitrogen and oxygen atoms in total. The summed E-state index contributed by atoms with van der Waals surface area (Å²) in [7, 11) is 1.49. The fourth-order valence-corrected chi connectivity index (χ4v) is 2.57. The van der Waals surface area contributed by atoms with E-state index in [4.69, 9.17) is 13.9 Å². The molecule has 0 atom stereocenters. The third-order valence-corrected chi connectivity index (χ3v) is 3.93. The van der Waals surface area contributed by atoms with Crippen LogP contribution in [0.5, 0.6) is 11.5 Å². The Labute approximate surface area is 159 Å². The zero-order chi connectivity index (χ0) is 20.1. The molecule has 3 aromatic rings. The number of esters is 1. The molecule has 0 spiro atoms. The predicted molar refractivity (Wildman–Crippen MR) is 99.3 cm³/mol. The molecule has 0 aliphatic rings. The Kier molecular flexibility index (Phi) is 5.59. The maximum Gasteiger partial charge on any atom is 0.336 e. The standard InChI is InChI=1S/C20H17NO7/c1-26-15-4-2-3-12(7-15)20(25)21-10-19(24)27-11-13-8-18(23)28-17-9-14(22)5-6-16(13)17/h2-9,22H,10-11H2,1H3,(H,21,25). The molecule has 8 heteroatoms. The van der Waals surface area contributed by atoms with Crippen LogP contribution in [0, 0.1) is 0 Å². The van der Waals surface area contributed by atoms with Gasteiger partial charge in [-0.3, -0.25) is 9.59 Å². The average Bonchev–Trinajstić information content (AvgIpc) is 2.69. The van der Waals surface area contributed by atoms with E-state index >= 15 is 0 Å². The maximum atomic E-state index is 12.1. The van der Waals surface area contributed by atoms with Gasteiger partial charge in [0.05, 0.1) is 7.11 Å². The average molecular weight is 383 g/mol. The zero-order valence-electron chi connectivity index (χ0n) is 14.9. The summed E-state index contributed by atoms with van der Waals surface area (Å²) in [6.07, 6.45) is 0. The lowest BCUT2D eigenvalue weighted by Crippen LogP contribution is -2.30. The molecule has 2 N–H and O–H groups in total. The molecule has 1 amide bonds. The van der Waals surface area contributed by atoms with Crippen LogP contribution in [0.1, 0.15) is 15.9 Å². The molecular formula is C20H17NO7. The second kappa shape index (κ2) is 8.26. The monoisotopic (exact) mass is 383 g/mol. The number of rotatable bonds is 6. The summed E-state index contributed by atoms with van der Waals surface area (Å²) >= 11 is 0. The molecule has 0 unspecified atom stereocenters. The van der Waals surface area contributed by atoms with Gasteiger partial charge >= 0.3 is 11.6 Å². The van der Waals surface area contributed by atoms with E-state index in [0.717, 1.165) is 0 Å². The predicted octanol–water partition coefficient (Wildman–Crippen LogP) is 1.98. The largest absolute Gasteiger partial charge is 0.508 e. The van der Waals surface area contributed by atoms with Crippen LogP contribution < -0.4 is 15.7 Å². The number of fused-ring (bicyclic) bond motifs is 1. The SMILES string of the molecule is COc1cccc(C(=O)NCC(=O)OCc2cc(=O)oc3cc(O)ccc23)c1. The Morgan fingerprint density at radius 1 is 1.14 bits per heavy atom. The molecule has 1 heterocycles. The molecule has 0 aliphatic carbocycles. The van der Waals surface area contributed by atoms with Gasteiger partial charge in [-0.25, -0.2) is 4.79 Å². The number of carbonyl (C=O) groups excluding carboxylic acids is 2. The molecule has 2 aromatic carbocycles. The maximum absolute atomic E-state index is 12.1. The fourth-order valence-electron chi connectivity index (χ4n) is 2.57. The van der Waals surface area contributed by atoms with E-state index in [9.17, 15) is 19.5 Å².